The predicted molar refractivity (Wildman–Crippen MR) is 71.8 cm³/mol. The number of thiazole rings is 1. The lowest BCUT2D eigenvalue weighted by molar-refractivity contribution is 0.264. The summed E-state index contributed by atoms with van der Waals surface area (Å²) < 4.78 is 0. The third kappa shape index (κ3) is 3.28. The van der Waals surface area contributed by atoms with Crippen LogP contribution in [-0.4, -0.2) is 16.7 Å². The Morgan fingerprint density at radius 3 is 2.59 bits per heavy atom. The number of rotatable bonds is 4. The topological polar surface area (TPSA) is 33.1 Å². The molecular weight excluding hydrogens is 254 g/mol. The summed E-state index contributed by atoms with van der Waals surface area (Å²) in [6.45, 7) is 2.11. The molecule has 17 heavy (non-hydrogen) atoms. The number of aryl methyl sites for hydroxylation is 1. The van der Waals surface area contributed by atoms with Gasteiger partial charge in [-0.05, 0) is 24.6 Å². The van der Waals surface area contributed by atoms with Gasteiger partial charge in [0.15, 0.2) is 0 Å². The molecule has 1 N–H and O–H groups in total. The Balaban J connectivity index is 2.13. The zero-order valence-electron chi connectivity index (χ0n) is 9.56. The van der Waals surface area contributed by atoms with E-state index in [-0.39, 0.29) is 12.5 Å². The van der Waals surface area contributed by atoms with Gasteiger partial charge in [0, 0.05) is 28.4 Å². The Kier molecular flexibility index (Phi) is 4.15. The van der Waals surface area contributed by atoms with Crippen LogP contribution in [0.25, 0.3) is 0 Å². The first-order chi connectivity index (χ1) is 8.19. The second kappa shape index (κ2) is 5.63. The molecule has 0 aliphatic carbocycles. The van der Waals surface area contributed by atoms with Gasteiger partial charge in [0.1, 0.15) is 0 Å². The van der Waals surface area contributed by atoms with E-state index in [4.69, 9.17) is 11.6 Å². The highest BCUT2D eigenvalue weighted by Gasteiger charge is 2.13. The molecule has 1 aromatic heterocycles. The highest BCUT2D eigenvalue weighted by Crippen LogP contribution is 2.23. The highest BCUT2D eigenvalue weighted by atomic mass is 35.5. The number of benzene rings is 1. The molecule has 4 heteroatoms. The van der Waals surface area contributed by atoms with E-state index in [0.29, 0.717) is 0 Å². The van der Waals surface area contributed by atoms with E-state index in [0.717, 1.165) is 27.7 Å². The Hall–Kier alpha value is -0.900. The molecule has 0 bridgehead atoms. The van der Waals surface area contributed by atoms with E-state index in [1.54, 1.807) is 11.3 Å². The molecule has 1 atom stereocenters. The summed E-state index contributed by atoms with van der Waals surface area (Å²) in [5, 5.41) is 13.3. The quantitative estimate of drug-likeness (QED) is 0.921. The molecule has 0 amide bonds. The van der Waals surface area contributed by atoms with Crippen LogP contribution < -0.4 is 0 Å². The number of nitrogens with zero attached hydrogens (tertiary/aromatic N) is 1. The van der Waals surface area contributed by atoms with Gasteiger partial charge in [-0.15, -0.1) is 11.3 Å². The largest absolute Gasteiger partial charge is 0.396 e. The first-order valence-electron chi connectivity index (χ1n) is 5.46. The van der Waals surface area contributed by atoms with Crippen LogP contribution in [0.2, 0.25) is 5.02 Å². The standard InChI is InChI=1S/C13H14ClNOS/c1-9-8-17-13(15-9)6-11(7-16)10-2-4-12(14)5-3-10/h2-5,8,11,16H,6-7H2,1H3. The van der Waals surface area contributed by atoms with Crippen LogP contribution in [0.1, 0.15) is 22.2 Å². The predicted octanol–water partition coefficient (Wildman–Crippen LogP) is 3.42. The number of aliphatic hydroxyl groups excluding tert-OH is 1. The van der Waals surface area contributed by atoms with Crippen LogP contribution in [-0.2, 0) is 6.42 Å². The van der Waals surface area contributed by atoms with Gasteiger partial charge in [-0.3, -0.25) is 0 Å². The smallest absolute Gasteiger partial charge is 0.0935 e. The zero-order valence-corrected chi connectivity index (χ0v) is 11.1. The van der Waals surface area contributed by atoms with E-state index < -0.39 is 0 Å². The van der Waals surface area contributed by atoms with Crippen molar-refractivity contribution >= 4 is 22.9 Å². The van der Waals surface area contributed by atoms with Crippen molar-refractivity contribution in [1.82, 2.24) is 4.98 Å². The fraction of sp³-hybridized carbons (Fsp3) is 0.308. The number of aromatic nitrogens is 1. The van der Waals surface area contributed by atoms with Crippen LogP contribution in [0.15, 0.2) is 29.6 Å². The van der Waals surface area contributed by atoms with Crippen molar-refractivity contribution in [2.24, 2.45) is 0 Å². The summed E-state index contributed by atoms with van der Waals surface area (Å²) in [4.78, 5) is 4.42. The van der Waals surface area contributed by atoms with Gasteiger partial charge in [0.05, 0.1) is 11.6 Å². The van der Waals surface area contributed by atoms with Crippen molar-refractivity contribution in [1.29, 1.82) is 0 Å². The molecule has 0 saturated heterocycles. The van der Waals surface area contributed by atoms with Gasteiger partial charge in [0.2, 0.25) is 0 Å². The lowest BCUT2D eigenvalue weighted by atomic mass is 9.97. The second-order valence-corrected chi connectivity index (χ2v) is 5.40. The zero-order chi connectivity index (χ0) is 12.3. The first kappa shape index (κ1) is 12.6. The van der Waals surface area contributed by atoms with Gasteiger partial charge in [0.25, 0.3) is 0 Å². The average molecular weight is 268 g/mol. The number of aliphatic hydroxyl groups is 1. The van der Waals surface area contributed by atoms with Gasteiger partial charge in [-0.2, -0.15) is 0 Å². The fourth-order valence-corrected chi connectivity index (χ4v) is 2.71. The minimum atomic E-state index is 0.0952. The Morgan fingerprint density at radius 1 is 1.35 bits per heavy atom. The van der Waals surface area contributed by atoms with Gasteiger partial charge in [-0.25, -0.2) is 4.98 Å². The maximum Gasteiger partial charge on any atom is 0.0935 e. The lowest BCUT2D eigenvalue weighted by Crippen LogP contribution is -2.07. The summed E-state index contributed by atoms with van der Waals surface area (Å²) >= 11 is 7.49. The summed E-state index contributed by atoms with van der Waals surface area (Å²) in [6, 6.07) is 7.63. The maximum absolute atomic E-state index is 9.46. The molecule has 2 aromatic rings. The molecule has 0 aliphatic rings. The molecule has 0 spiro atoms. The summed E-state index contributed by atoms with van der Waals surface area (Å²) in [5.41, 5.74) is 2.14. The molecule has 0 fully saturated rings. The summed E-state index contributed by atoms with van der Waals surface area (Å²) in [6.07, 6.45) is 0.774. The van der Waals surface area contributed by atoms with Crippen molar-refractivity contribution in [3.05, 3.63) is 50.9 Å². The Bertz CT molecular complexity index is 480. The third-order valence-electron chi connectivity index (χ3n) is 2.65. The van der Waals surface area contributed by atoms with Crippen LogP contribution in [0, 0.1) is 6.92 Å². The van der Waals surface area contributed by atoms with Crippen LogP contribution in [0.4, 0.5) is 0 Å². The van der Waals surface area contributed by atoms with Crippen LogP contribution in [0.3, 0.4) is 0 Å². The Labute approximate surface area is 110 Å². The van der Waals surface area contributed by atoms with Crippen molar-refractivity contribution < 1.29 is 5.11 Å². The number of hydrogen-bond donors (Lipinski definition) is 1. The molecule has 0 saturated carbocycles. The van der Waals surface area contributed by atoms with Gasteiger partial charge < -0.3 is 5.11 Å². The average Bonchev–Trinajstić information content (AvgIpc) is 2.73. The van der Waals surface area contributed by atoms with Crippen LogP contribution in [0.5, 0.6) is 0 Å². The minimum absolute atomic E-state index is 0.0952. The number of halogens is 1. The number of hydrogen-bond acceptors (Lipinski definition) is 3. The maximum atomic E-state index is 9.46. The minimum Gasteiger partial charge on any atom is -0.396 e. The molecule has 1 aromatic carbocycles. The Morgan fingerprint density at radius 2 is 2.06 bits per heavy atom. The fourth-order valence-electron chi connectivity index (χ4n) is 1.73. The van der Waals surface area contributed by atoms with Crippen molar-refractivity contribution in [3.63, 3.8) is 0 Å². The molecule has 2 rings (SSSR count). The molecule has 1 heterocycles. The molecule has 90 valence electrons. The normalized spacial score (nSPS) is 12.6. The molecule has 1 unspecified atom stereocenters. The van der Waals surface area contributed by atoms with Crippen molar-refractivity contribution in [2.75, 3.05) is 6.61 Å². The molecule has 2 nitrogen and oxygen atoms in total. The van der Waals surface area contributed by atoms with Gasteiger partial charge >= 0.3 is 0 Å². The lowest BCUT2D eigenvalue weighted by Gasteiger charge is -2.12. The summed E-state index contributed by atoms with van der Waals surface area (Å²) in [5.74, 6) is 0.0952. The van der Waals surface area contributed by atoms with E-state index in [2.05, 4.69) is 4.98 Å². The van der Waals surface area contributed by atoms with Gasteiger partial charge in [-0.1, -0.05) is 23.7 Å². The first-order valence-corrected chi connectivity index (χ1v) is 6.72. The molecular formula is C13H14ClNOS. The summed E-state index contributed by atoms with van der Waals surface area (Å²) in [7, 11) is 0. The van der Waals surface area contributed by atoms with Crippen molar-refractivity contribution in [2.45, 2.75) is 19.3 Å². The van der Waals surface area contributed by atoms with E-state index >= 15 is 0 Å². The SMILES string of the molecule is Cc1csc(CC(CO)c2ccc(Cl)cc2)n1. The molecule has 0 aliphatic heterocycles. The van der Waals surface area contributed by atoms with E-state index in [1.165, 1.54) is 0 Å². The monoisotopic (exact) mass is 267 g/mol. The van der Waals surface area contributed by atoms with Crippen LogP contribution >= 0.6 is 22.9 Å². The van der Waals surface area contributed by atoms with Crippen molar-refractivity contribution in [3.8, 4) is 0 Å². The highest BCUT2D eigenvalue weighted by molar-refractivity contribution is 7.09. The third-order valence-corrected chi connectivity index (χ3v) is 3.89. The second-order valence-electron chi connectivity index (χ2n) is 4.02. The van der Waals surface area contributed by atoms with E-state index in [9.17, 15) is 5.11 Å². The van der Waals surface area contributed by atoms with E-state index in [1.807, 2.05) is 36.6 Å². The molecule has 0 radical (unpaired) electrons.